The van der Waals surface area contributed by atoms with Crippen molar-refractivity contribution in [1.29, 1.82) is 0 Å². The van der Waals surface area contributed by atoms with Crippen LogP contribution in [0, 0.1) is 5.92 Å². The number of hydrogen-bond acceptors (Lipinski definition) is 6. The van der Waals surface area contributed by atoms with E-state index in [0.29, 0.717) is 44.1 Å². The van der Waals surface area contributed by atoms with Gasteiger partial charge in [-0.1, -0.05) is 18.2 Å². The monoisotopic (exact) mass is 477 g/mol. The van der Waals surface area contributed by atoms with Gasteiger partial charge in [0.1, 0.15) is 5.75 Å². The summed E-state index contributed by atoms with van der Waals surface area (Å²) in [6, 6.07) is 7.81. The number of carbonyl (C=O) groups is 2. The number of thiazole rings is 1. The van der Waals surface area contributed by atoms with E-state index in [2.05, 4.69) is 4.98 Å². The molecule has 1 atom stereocenters. The first kappa shape index (κ1) is 21.3. The second-order valence-electron chi connectivity index (χ2n) is 9.47. The number of rotatable bonds is 6. The van der Waals surface area contributed by atoms with Gasteiger partial charge in [-0.2, -0.15) is 5.10 Å². The fourth-order valence-corrected chi connectivity index (χ4v) is 5.43. The Kier molecular flexibility index (Phi) is 5.36. The maximum absolute atomic E-state index is 13.4. The Labute approximate surface area is 202 Å². The van der Waals surface area contributed by atoms with Gasteiger partial charge in [0.15, 0.2) is 11.8 Å². The van der Waals surface area contributed by atoms with Crippen LogP contribution in [0.4, 0.5) is 0 Å². The van der Waals surface area contributed by atoms with Crippen LogP contribution >= 0.6 is 11.3 Å². The molecule has 1 aliphatic carbocycles. The van der Waals surface area contributed by atoms with Crippen molar-refractivity contribution < 1.29 is 14.3 Å². The highest BCUT2D eigenvalue weighted by Gasteiger charge is 2.37. The zero-order chi connectivity index (χ0) is 23.2. The van der Waals surface area contributed by atoms with Crippen LogP contribution in [0.15, 0.2) is 35.2 Å². The van der Waals surface area contributed by atoms with Gasteiger partial charge in [-0.15, -0.1) is 11.3 Å². The van der Waals surface area contributed by atoms with E-state index in [1.165, 1.54) is 24.2 Å². The number of fused-ring (bicyclic) bond motifs is 2. The molecule has 2 aromatic heterocycles. The summed E-state index contributed by atoms with van der Waals surface area (Å²) < 4.78 is 7.99. The Hall–Kier alpha value is -3.20. The number of carbonyl (C=O) groups excluding carboxylic acids is 2. The molecule has 6 rings (SSSR count). The first-order valence-corrected chi connectivity index (χ1v) is 12.8. The van der Waals surface area contributed by atoms with Crippen LogP contribution in [0.5, 0.6) is 5.75 Å². The molecule has 2 aliphatic heterocycles. The molecule has 3 aromatic rings. The van der Waals surface area contributed by atoms with Crippen LogP contribution < -0.4 is 4.74 Å². The molecular weight excluding hydrogens is 450 g/mol. The lowest BCUT2D eigenvalue weighted by molar-refractivity contribution is -0.138. The molecule has 4 heterocycles. The standard InChI is InChI=1S/C25H27N5O3S/c1-28(12-18-14-34-15-26-18)25(32)23-19-13-29(9-8-20(19)30(27-23)11-16-6-7-16)24(31)22-10-17-4-2-3-5-21(17)33-22/h2-5,14-16,22H,6-13H2,1H3. The molecular formula is C25H27N5O3S. The highest BCUT2D eigenvalue weighted by atomic mass is 32.1. The second-order valence-corrected chi connectivity index (χ2v) is 10.2. The zero-order valence-electron chi connectivity index (χ0n) is 19.1. The molecule has 1 saturated carbocycles. The van der Waals surface area contributed by atoms with Crippen molar-refractivity contribution in [2.24, 2.45) is 5.92 Å². The SMILES string of the molecule is CN(Cc1cscn1)C(=O)c1nn(CC2CC2)c2c1CN(C(=O)C1Cc3ccccc3O1)CC2. The van der Waals surface area contributed by atoms with Crippen LogP contribution in [0.3, 0.4) is 0 Å². The topological polar surface area (TPSA) is 80.6 Å². The van der Waals surface area contributed by atoms with Gasteiger partial charge in [0.25, 0.3) is 11.8 Å². The van der Waals surface area contributed by atoms with Crippen molar-refractivity contribution in [2.45, 2.75) is 51.4 Å². The van der Waals surface area contributed by atoms with Gasteiger partial charge in [-0.3, -0.25) is 14.3 Å². The quantitative estimate of drug-likeness (QED) is 0.545. The van der Waals surface area contributed by atoms with E-state index in [9.17, 15) is 9.59 Å². The Balaban J connectivity index is 1.24. The van der Waals surface area contributed by atoms with E-state index in [1.54, 1.807) is 17.5 Å². The molecule has 2 amide bonds. The molecule has 1 fully saturated rings. The molecule has 34 heavy (non-hydrogen) atoms. The Morgan fingerprint density at radius 3 is 2.88 bits per heavy atom. The predicted octanol–water partition coefficient (Wildman–Crippen LogP) is 2.91. The van der Waals surface area contributed by atoms with E-state index >= 15 is 0 Å². The van der Waals surface area contributed by atoms with Gasteiger partial charge in [-0.25, -0.2) is 4.98 Å². The fourth-order valence-electron chi connectivity index (χ4n) is 4.88. The van der Waals surface area contributed by atoms with E-state index < -0.39 is 6.10 Å². The first-order valence-electron chi connectivity index (χ1n) is 11.8. The first-order chi connectivity index (χ1) is 16.6. The average molecular weight is 478 g/mol. The lowest BCUT2D eigenvalue weighted by Crippen LogP contribution is -2.44. The van der Waals surface area contributed by atoms with Crippen molar-refractivity contribution in [2.75, 3.05) is 13.6 Å². The van der Waals surface area contributed by atoms with Gasteiger partial charge in [0, 0.05) is 56.2 Å². The third kappa shape index (κ3) is 3.98. The summed E-state index contributed by atoms with van der Waals surface area (Å²) in [6.45, 7) is 2.28. The summed E-state index contributed by atoms with van der Waals surface area (Å²) in [5.41, 5.74) is 6.13. The van der Waals surface area contributed by atoms with Crippen molar-refractivity contribution >= 4 is 23.2 Å². The summed E-state index contributed by atoms with van der Waals surface area (Å²) >= 11 is 1.52. The zero-order valence-corrected chi connectivity index (χ0v) is 20.0. The molecule has 8 nitrogen and oxygen atoms in total. The van der Waals surface area contributed by atoms with Crippen molar-refractivity contribution in [3.8, 4) is 5.75 Å². The number of hydrogen-bond donors (Lipinski definition) is 0. The summed E-state index contributed by atoms with van der Waals surface area (Å²) in [4.78, 5) is 34.6. The molecule has 1 aromatic carbocycles. The molecule has 3 aliphatic rings. The molecule has 176 valence electrons. The minimum Gasteiger partial charge on any atom is -0.480 e. The van der Waals surface area contributed by atoms with Crippen LogP contribution in [-0.4, -0.2) is 56.1 Å². The Morgan fingerprint density at radius 1 is 1.26 bits per heavy atom. The molecule has 0 N–H and O–H groups in total. The fraction of sp³-hybridized carbons (Fsp3) is 0.440. The van der Waals surface area contributed by atoms with Crippen molar-refractivity contribution in [3.05, 3.63) is 63.4 Å². The van der Waals surface area contributed by atoms with Crippen LogP contribution in [0.2, 0.25) is 0 Å². The second kappa shape index (κ2) is 8.54. The number of amides is 2. The normalized spacial score (nSPS) is 18.9. The number of para-hydroxylation sites is 1. The highest BCUT2D eigenvalue weighted by Crippen LogP contribution is 2.34. The predicted molar refractivity (Wildman–Crippen MR) is 127 cm³/mol. The third-order valence-electron chi connectivity index (χ3n) is 6.93. The van der Waals surface area contributed by atoms with Crippen LogP contribution in [-0.2, 0) is 37.3 Å². The number of nitrogens with zero attached hydrogens (tertiary/aromatic N) is 5. The molecule has 0 bridgehead atoms. The molecule has 0 spiro atoms. The Bertz CT molecular complexity index is 1210. The van der Waals surface area contributed by atoms with Gasteiger partial charge < -0.3 is 14.5 Å². The number of benzene rings is 1. The summed E-state index contributed by atoms with van der Waals surface area (Å²) in [6.07, 6.45) is 3.20. The van der Waals surface area contributed by atoms with Gasteiger partial charge >= 0.3 is 0 Å². The largest absolute Gasteiger partial charge is 0.480 e. The third-order valence-corrected chi connectivity index (χ3v) is 7.56. The molecule has 9 heteroatoms. The van der Waals surface area contributed by atoms with Crippen LogP contribution in [0.25, 0.3) is 0 Å². The minimum atomic E-state index is -0.507. The number of aromatic nitrogens is 3. The maximum Gasteiger partial charge on any atom is 0.274 e. The summed E-state index contributed by atoms with van der Waals surface area (Å²) in [5, 5.41) is 6.73. The van der Waals surface area contributed by atoms with Crippen molar-refractivity contribution in [3.63, 3.8) is 0 Å². The highest BCUT2D eigenvalue weighted by molar-refractivity contribution is 7.07. The Morgan fingerprint density at radius 2 is 2.12 bits per heavy atom. The van der Waals surface area contributed by atoms with Gasteiger partial charge in [0.2, 0.25) is 0 Å². The minimum absolute atomic E-state index is 0.0222. The van der Waals surface area contributed by atoms with Crippen LogP contribution in [0.1, 0.15) is 45.8 Å². The summed E-state index contributed by atoms with van der Waals surface area (Å²) in [5.74, 6) is 1.28. The van der Waals surface area contributed by atoms with E-state index in [4.69, 9.17) is 9.84 Å². The smallest absolute Gasteiger partial charge is 0.274 e. The van der Waals surface area contributed by atoms with E-state index in [1.807, 2.05) is 39.2 Å². The molecule has 0 radical (unpaired) electrons. The van der Waals surface area contributed by atoms with Crippen molar-refractivity contribution in [1.82, 2.24) is 24.6 Å². The summed E-state index contributed by atoms with van der Waals surface area (Å²) in [7, 11) is 1.78. The number of ether oxygens (including phenoxy) is 1. The maximum atomic E-state index is 13.4. The molecule has 1 unspecified atom stereocenters. The average Bonchev–Trinajstić information content (AvgIpc) is 3.23. The lowest BCUT2D eigenvalue weighted by atomic mass is 10.0. The van der Waals surface area contributed by atoms with Gasteiger partial charge in [0.05, 0.1) is 17.7 Å². The molecule has 0 saturated heterocycles. The van der Waals surface area contributed by atoms with E-state index in [-0.39, 0.29) is 11.8 Å². The lowest BCUT2D eigenvalue weighted by Gasteiger charge is -2.30. The van der Waals surface area contributed by atoms with Gasteiger partial charge in [-0.05, 0) is 30.4 Å². The van der Waals surface area contributed by atoms with E-state index in [0.717, 1.165) is 34.8 Å².